The Kier molecular flexibility index (Phi) is 9.78. The molecule has 0 atom stereocenters. The molecule has 75 heavy (non-hydrogen) atoms. The summed E-state index contributed by atoms with van der Waals surface area (Å²) in [5, 5.41) is 7.04. The Balaban J connectivity index is 0.959. The van der Waals surface area contributed by atoms with E-state index in [9.17, 15) is 0 Å². The van der Waals surface area contributed by atoms with Gasteiger partial charge in [0.05, 0.1) is 38.8 Å². The van der Waals surface area contributed by atoms with Gasteiger partial charge in [0.25, 0.3) is 0 Å². The van der Waals surface area contributed by atoms with Crippen molar-refractivity contribution in [1.29, 1.82) is 0 Å². The lowest BCUT2D eigenvalue weighted by Crippen LogP contribution is -2.07. The molecule has 6 heteroatoms. The molecule has 0 aliphatic rings. The van der Waals surface area contributed by atoms with E-state index in [-0.39, 0.29) is 0 Å². The molecule has 6 nitrogen and oxygen atoms in total. The fourth-order valence-corrected chi connectivity index (χ4v) is 11.6. The standard InChI is InChI=1S/C69H44N6/c1-4-20-45(21-5-1)47-38-40-48(41-39-47)67-70-68(72-69(71-67)75-58-32-14-10-26-51(58)52-27-11-15-33-59(52)75)57-29-13-17-35-61(57)74-60-34-16-12-28-55(60)65-53(31-19-37-63(65)74)54-30-18-36-62-66(54)56-43-42-49(46-22-6-2-7-23-46)44-64(56)73(62)50-24-8-3-9-25-50/h1-44H. The van der Waals surface area contributed by atoms with Gasteiger partial charge in [-0.1, -0.05) is 206 Å². The van der Waals surface area contributed by atoms with Gasteiger partial charge < -0.3 is 9.13 Å². The monoisotopic (exact) mass is 956 g/mol. The molecule has 0 amide bonds. The fourth-order valence-electron chi connectivity index (χ4n) is 11.6. The van der Waals surface area contributed by atoms with Crippen LogP contribution in [0, 0.1) is 0 Å². The van der Waals surface area contributed by atoms with E-state index in [1.807, 2.05) is 6.07 Å². The second-order valence-electron chi connectivity index (χ2n) is 19.1. The molecule has 0 spiro atoms. The molecule has 0 aliphatic heterocycles. The van der Waals surface area contributed by atoms with Crippen LogP contribution in [0.15, 0.2) is 267 Å². The third-order valence-electron chi connectivity index (χ3n) is 14.9. The van der Waals surface area contributed by atoms with Gasteiger partial charge in [-0.2, -0.15) is 9.97 Å². The highest BCUT2D eigenvalue weighted by molar-refractivity contribution is 6.22. The molecule has 0 unspecified atom stereocenters. The maximum absolute atomic E-state index is 5.47. The zero-order valence-corrected chi connectivity index (χ0v) is 40.6. The summed E-state index contributed by atoms with van der Waals surface area (Å²) in [6, 6.07) is 95.2. The van der Waals surface area contributed by atoms with Gasteiger partial charge in [0.1, 0.15) is 0 Å². The maximum Gasteiger partial charge on any atom is 0.238 e. The Morgan fingerprint density at radius 3 is 1.33 bits per heavy atom. The number of hydrogen-bond donors (Lipinski definition) is 0. The van der Waals surface area contributed by atoms with Crippen molar-refractivity contribution >= 4 is 65.4 Å². The molecule has 0 bridgehead atoms. The molecular formula is C69H44N6. The van der Waals surface area contributed by atoms with Crippen molar-refractivity contribution in [3.05, 3.63) is 267 Å². The Bertz CT molecular complexity index is 4630. The van der Waals surface area contributed by atoms with Crippen LogP contribution in [0.3, 0.4) is 0 Å². The summed E-state index contributed by atoms with van der Waals surface area (Å²) in [5.74, 6) is 1.72. The Morgan fingerprint density at radius 2 is 0.680 bits per heavy atom. The number of fused-ring (bicyclic) bond motifs is 9. The summed E-state index contributed by atoms with van der Waals surface area (Å²) in [6.45, 7) is 0. The summed E-state index contributed by atoms with van der Waals surface area (Å²) in [5.41, 5.74) is 17.4. The Labute approximate surface area is 432 Å². The van der Waals surface area contributed by atoms with E-state index in [1.165, 1.54) is 38.4 Å². The molecule has 4 aromatic heterocycles. The lowest BCUT2D eigenvalue weighted by molar-refractivity contribution is 0.951. The largest absolute Gasteiger partial charge is 0.309 e. The number of benzene rings is 11. The summed E-state index contributed by atoms with van der Waals surface area (Å²) in [6.07, 6.45) is 0. The molecule has 0 aliphatic carbocycles. The van der Waals surface area contributed by atoms with E-state index in [2.05, 4.69) is 275 Å². The highest BCUT2D eigenvalue weighted by Gasteiger charge is 2.24. The van der Waals surface area contributed by atoms with Gasteiger partial charge in [-0.25, -0.2) is 4.98 Å². The van der Waals surface area contributed by atoms with Crippen molar-refractivity contribution in [3.63, 3.8) is 0 Å². The first kappa shape index (κ1) is 42.5. The van der Waals surface area contributed by atoms with Gasteiger partial charge >= 0.3 is 0 Å². The number of nitrogens with zero attached hydrogens (tertiary/aromatic N) is 6. The summed E-state index contributed by atoms with van der Waals surface area (Å²) in [7, 11) is 0. The van der Waals surface area contributed by atoms with Crippen LogP contribution in [0.2, 0.25) is 0 Å². The predicted molar refractivity (Wildman–Crippen MR) is 310 cm³/mol. The lowest BCUT2D eigenvalue weighted by atomic mass is 9.95. The van der Waals surface area contributed by atoms with Crippen LogP contribution in [0.25, 0.3) is 139 Å². The van der Waals surface area contributed by atoms with Crippen LogP contribution in [-0.2, 0) is 0 Å². The molecule has 0 fully saturated rings. The van der Waals surface area contributed by atoms with Crippen LogP contribution in [0.1, 0.15) is 0 Å². The average Bonchev–Trinajstić information content (AvgIpc) is 4.20. The highest BCUT2D eigenvalue weighted by Crippen LogP contribution is 2.45. The summed E-state index contributed by atoms with van der Waals surface area (Å²) in [4.78, 5) is 16.2. The molecule has 4 heterocycles. The fraction of sp³-hybridized carbons (Fsp3) is 0. The van der Waals surface area contributed by atoms with Crippen molar-refractivity contribution in [2.24, 2.45) is 0 Å². The topological polar surface area (TPSA) is 53.5 Å². The zero-order chi connectivity index (χ0) is 49.4. The predicted octanol–water partition coefficient (Wildman–Crippen LogP) is 17.5. The molecule has 11 aromatic carbocycles. The van der Waals surface area contributed by atoms with E-state index < -0.39 is 0 Å². The zero-order valence-electron chi connectivity index (χ0n) is 40.6. The third-order valence-corrected chi connectivity index (χ3v) is 14.9. The quantitative estimate of drug-likeness (QED) is 0.152. The first-order valence-electron chi connectivity index (χ1n) is 25.4. The van der Waals surface area contributed by atoms with Gasteiger partial charge in [0.2, 0.25) is 5.95 Å². The van der Waals surface area contributed by atoms with E-state index in [0.717, 1.165) is 82.9 Å². The maximum atomic E-state index is 5.47. The van der Waals surface area contributed by atoms with Crippen LogP contribution < -0.4 is 0 Å². The molecule has 15 rings (SSSR count). The van der Waals surface area contributed by atoms with E-state index in [4.69, 9.17) is 15.0 Å². The molecule has 0 saturated carbocycles. The number of para-hydroxylation sites is 5. The SMILES string of the molecule is c1ccc(-c2ccc(-c3nc(-c4ccccc4-n4c5ccccc5c5c(-c6cccc7c6c6ccc(-c8ccccc8)cc6n7-c6ccccc6)cccc54)nc(-n4c5ccccc5c5ccccc54)n3)cc2)cc1. The van der Waals surface area contributed by atoms with Crippen molar-refractivity contribution in [2.45, 2.75) is 0 Å². The molecule has 0 N–H and O–H groups in total. The Morgan fingerprint density at radius 1 is 0.240 bits per heavy atom. The van der Waals surface area contributed by atoms with Crippen LogP contribution in [0.5, 0.6) is 0 Å². The molecule has 15 aromatic rings. The first-order valence-corrected chi connectivity index (χ1v) is 25.4. The average molecular weight is 957 g/mol. The summed E-state index contributed by atoms with van der Waals surface area (Å²) >= 11 is 0. The van der Waals surface area contributed by atoms with Crippen LogP contribution in [0.4, 0.5) is 0 Å². The minimum Gasteiger partial charge on any atom is -0.309 e. The van der Waals surface area contributed by atoms with Gasteiger partial charge in [-0.15, -0.1) is 0 Å². The molecule has 350 valence electrons. The smallest absolute Gasteiger partial charge is 0.238 e. The van der Waals surface area contributed by atoms with E-state index in [1.54, 1.807) is 0 Å². The first-order chi connectivity index (χ1) is 37.2. The van der Waals surface area contributed by atoms with Crippen molar-refractivity contribution < 1.29 is 0 Å². The highest BCUT2D eigenvalue weighted by atomic mass is 15.2. The van der Waals surface area contributed by atoms with Gasteiger partial charge in [0, 0.05) is 49.1 Å². The minimum atomic E-state index is 0.553. The lowest BCUT2D eigenvalue weighted by Gasteiger charge is -2.15. The van der Waals surface area contributed by atoms with E-state index in [0.29, 0.717) is 17.6 Å². The van der Waals surface area contributed by atoms with E-state index >= 15 is 0 Å². The Hall–Kier alpha value is -10.2. The summed E-state index contributed by atoms with van der Waals surface area (Å²) < 4.78 is 7.01. The number of hydrogen-bond acceptors (Lipinski definition) is 3. The minimum absolute atomic E-state index is 0.553. The van der Waals surface area contributed by atoms with Crippen molar-refractivity contribution in [1.82, 2.24) is 28.7 Å². The third kappa shape index (κ3) is 6.84. The normalized spacial score (nSPS) is 11.7. The second-order valence-corrected chi connectivity index (χ2v) is 19.1. The van der Waals surface area contributed by atoms with Crippen LogP contribution in [-0.4, -0.2) is 28.7 Å². The molecule has 0 radical (unpaired) electrons. The van der Waals surface area contributed by atoms with Crippen molar-refractivity contribution in [2.75, 3.05) is 0 Å². The number of rotatable bonds is 8. The van der Waals surface area contributed by atoms with Gasteiger partial charge in [-0.3, -0.25) is 4.57 Å². The van der Waals surface area contributed by atoms with Gasteiger partial charge in [-0.05, 0) is 94.0 Å². The molecule has 0 saturated heterocycles. The van der Waals surface area contributed by atoms with Gasteiger partial charge in [0.15, 0.2) is 11.6 Å². The van der Waals surface area contributed by atoms with Crippen LogP contribution >= 0.6 is 0 Å². The number of aromatic nitrogens is 6. The second kappa shape index (κ2) is 17.3. The van der Waals surface area contributed by atoms with Crippen molar-refractivity contribution in [3.8, 4) is 73.5 Å². The molecular weight excluding hydrogens is 913 g/mol.